The SMILES string of the molecule is CC(C)S(=O)(=O)NC(=O)C1CNc2ccccc2O1. The third kappa shape index (κ3) is 2.98. The van der Waals surface area contributed by atoms with Gasteiger partial charge in [0, 0.05) is 0 Å². The lowest BCUT2D eigenvalue weighted by Gasteiger charge is -2.26. The molecule has 0 saturated carbocycles. The number of benzene rings is 1. The van der Waals surface area contributed by atoms with Gasteiger partial charge in [-0.25, -0.2) is 13.1 Å². The smallest absolute Gasteiger partial charge is 0.276 e. The summed E-state index contributed by atoms with van der Waals surface area (Å²) in [5.74, 6) is -0.119. The second kappa shape index (κ2) is 5.08. The van der Waals surface area contributed by atoms with Crippen molar-refractivity contribution >= 4 is 21.6 Å². The van der Waals surface area contributed by atoms with Gasteiger partial charge in [0.15, 0.2) is 6.10 Å². The molecule has 0 bridgehead atoms. The van der Waals surface area contributed by atoms with Crippen LogP contribution in [0.25, 0.3) is 0 Å². The van der Waals surface area contributed by atoms with Crippen LogP contribution in [-0.4, -0.2) is 32.2 Å². The lowest BCUT2D eigenvalue weighted by molar-refractivity contribution is -0.125. The number of amides is 1. The molecule has 1 aliphatic rings. The maximum absolute atomic E-state index is 11.9. The van der Waals surface area contributed by atoms with E-state index in [1.807, 2.05) is 16.9 Å². The highest BCUT2D eigenvalue weighted by atomic mass is 32.2. The van der Waals surface area contributed by atoms with Crippen LogP contribution in [0.15, 0.2) is 24.3 Å². The van der Waals surface area contributed by atoms with Crippen LogP contribution in [0.1, 0.15) is 13.8 Å². The zero-order chi connectivity index (χ0) is 14.0. The summed E-state index contributed by atoms with van der Waals surface area (Å²) in [7, 11) is -3.63. The lowest BCUT2D eigenvalue weighted by Crippen LogP contribution is -2.48. The van der Waals surface area contributed by atoms with Crippen molar-refractivity contribution in [2.45, 2.75) is 25.2 Å². The number of fused-ring (bicyclic) bond motifs is 1. The lowest BCUT2D eigenvalue weighted by atomic mass is 10.2. The van der Waals surface area contributed by atoms with Gasteiger partial charge in [0.2, 0.25) is 10.0 Å². The molecule has 19 heavy (non-hydrogen) atoms. The number of ether oxygens (including phenoxy) is 1. The van der Waals surface area contributed by atoms with Gasteiger partial charge >= 0.3 is 0 Å². The van der Waals surface area contributed by atoms with E-state index in [-0.39, 0.29) is 6.54 Å². The van der Waals surface area contributed by atoms with E-state index >= 15 is 0 Å². The van der Waals surface area contributed by atoms with Gasteiger partial charge in [0.25, 0.3) is 5.91 Å². The molecule has 1 aromatic rings. The van der Waals surface area contributed by atoms with E-state index < -0.39 is 27.3 Å². The fourth-order valence-corrected chi connectivity index (χ4v) is 2.23. The van der Waals surface area contributed by atoms with Crippen molar-refractivity contribution in [3.63, 3.8) is 0 Å². The summed E-state index contributed by atoms with van der Waals surface area (Å²) in [6.07, 6.45) is -0.858. The van der Waals surface area contributed by atoms with Gasteiger partial charge in [-0.15, -0.1) is 0 Å². The van der Waals surface area contributed by atoms with Gasteiger partial charge in [0.05, 0.1) is 17.5 Å². The predicted molar refractivity (Wildman–Crippen MR) is 71.5 cm³/mol. The Morgan fingerprint density at radius 2 is 2.11 bits per heavy atom. The van der Waals surface area contributed by atoms with Crippen LogP contribution in [0.4, 0.5) is 5.69 Å². The molecule has 1 aliphatic heterocycles. The third-order valence-corrected chi connectivity index (χ3v) is 4.52. The fourth-order valence-electron chi connectivity index (χ4n) is 1.58. The van der Waals surface area contributed by atoms with Gasteiger partial charge in [-0.05, 0) is 26.0 Å². The van der Waals surface area contributed by atoms with Crippen molar-refractivity contribution in [3.8, 4) is 5.75 Å². The number of sulfonamides is 1. The number of hydrogen-bond donors (Lipinski definition) is 2. The number of nitrogens with one attached hydrogen (secondary N) is 2. The van der Waals surface area contributed by atoms with Crippen LogP contribution in [0.2, 0.25) is 0 Å². The van der Waals surface area contributed by atoms with E-state index in [0.717, 1.165) is 5.69 Å². The quantitative estimate of drug-likeness (QED) is 0.854. The number of para-hydroxylation sites is 2. The monoisotopic (exact) mass is 284 g/mol. The summed E-state index contributed by atoms with van der Waals surface area (Å²) in [5.41, 5.74) is 0.790. The van der Waals surface area contributed by atoms with Crippen molar-refractivity contribution in [2.24, 2.45) is 0 Å². The molecular formula is C12H16N2O4S. The van der Waals surface area contributed by atoms with Crippen molar-refractivity contribution in [2.75, 3.05) is 11.9 Å². The number of anilines is 1. The highest BCUT2D eigenvalue weighted by Crippen LogP contribution is 2.28. The van der Waals surface area contributed by atoms with Gasteiger partial charge in [-0.3, -0.25) is 4.79 Å². The van der Waals surface area contributed by atoms with E-state index in [4.69, 9.17) is 4.74 Å². The molecule has 0 aromatic heterocycles. The molecule has 1 heterocycles. The molecule has 0 saturated heterocycles. The molecular weight excluding hydrogens is 268 g/mol. The zero-order valence-corrected chi connectivity index (χ0v) is 11.5. The summed E-state index contributed by atoms with van der Waals surface area (Å²) in [4.78, 5) is 11.9. The molecule has 1 aromatic carbocycles. The molecule has 0 aliphatic carbocycles. The van der Waals surface area contributed by atoms with Crippen molar-refractivity contribution in [1.82, 2.24) is 4.72 Å². The Bertz CT molecular complexity index is 583. The van der Waals surface area contributed by atoms with Gasteiger partial charge in [0.1, 0.15) is 5.75 Å². The highest BCUT2D eigenvalue weighted by Gasteiger charge is 2.29. The van der Waals surface area contributed by atoms with Crippen LogP contribution in [-0.2, 0) is 14.8 Å². The summed E-state index contributed by atoms with van der Waals surface area (Å²) in [5, 5.41) is 2.36. The molecule has 0 fully saturated rings. The first-order chi connectivity index (χ1) is 8.90. The Balaban J connectivity index is 2.08. The van der Waals surface area contributed by atoms with E-state index in [1.54, 1.807) is 12.1 Å². The molecule has 0 radical (unpaired) electrons. The Hall–Kier alpha value is -1.76. The Kier molecular flexibility index (Phi) is 3.66. The summed E-state index contributed by atoms with van der Waals surface area (Å²) < 4.78 is 30.7. The topological polar surface area (TPSA) is 84.5 Å². The number of carbonyl (C=O) groups is 1. The Morgan fingerprint density at radius 1 is 1.42 bits per heavy atom. The average molecular weight is 284 g/mol. The fraction of sp³-hybridized carbons (Fsp3) is 0.417. The standard InChI is InChI=1S/C12H16N2O4S/c1-8(2)19(16,17)14-12(15)11-7-13-9-5-3-4-6-10(9)18-11/h3-6,8,11,13H,7H2,1-2H3,(H,14,15). The van der Waals surface area contributed by atoms with Crippen LogP contribution < -0.4 is 14.8 Å². The largest absolute Gasteiger partial charge is 0.477 e. The van der Waals surface area contributed by atoms with Crippen molar-refractivity contribution < 1.29 is 17.9 Å². The second-order valence-corrected chi connectivity index (χ2v) is 6.78. The van der Waals surface area contributed by atoms with Crippen LogP contribution in [0.3, 0.4) is 0 Å². The second-order valence-electron chi connectivity index (χ2n) is 4.54. The molecule has 7 heteroatoms. The minimum atomic E-state index is -3.63. The van der Waals surface area contributed by atoms with Gasteiger partial charge in [-0.1, -0.05) is 12.1 Å². The number of rotatable bonds is 3. The minimum absolute atomic E-state index is 0.233. The summed E-state index contributed by atoms with van der Waals surface area (Å²) >= 11 is 0. The molecule has 1 amide bonds. The maximum Gasteiger partial charge on any atom is 0.276 e. The molecule has 104 valence electrons. The summed E-state index contributed by atoms with van der Waals surface area (Å²) in [6, 6.07) is 7.18. The van der Waals surface area contributed by atoms with Crippen LogP contribution in [0.5, 0.6) is 5.75 Å². The predicted octanol–water partition coefficient (Wildman–Crippen LogP) is 0.714. The molecule has 2 rings (SSSR count). The number of hydrogen-bond acceptors (Lipinski definition) is 5. The first kappa shape index (κ1) is 13.7. The molecule has 0 spiro atoms. The summed E-state index contributed by atoms with van der Waals surface area (Å²) in [6.45, 7) is 3.24. The molecule has 1 unspecified atom stereocenters. The normalized spacial score (nSPS) is 18.2. The van der Waals surface area contributed by atoms with Crippen molar-refractivity contribution in [3.05, 3.63) is 24.3 Å². The van der Waals surface area contributed by atoms with Gasteiger partial charge in [-0.2, -0.15) is 0 Å². The third-order valence-electron chi connectivity index (χ3n) is 2.79. The van der Waals surface area contributed by atoms with Crippen molar-refractivity contribution in [1.29, 1.82) is 0 Å². The van der Waals surface area contributed by atoms with Crippen LogP contribution >= 0.6 is 0 Å². The number of carbonyl (C=O) groups excluding carboxylic acids is 1. The molecule has 6 nitrogen and oxygen atoms in total. The first-order valence-corrected chi connectivity index (χ1v) is 7.50. The van der Waals surface area contributed by atoms with E-state index in [2.05, 4.69) is 5.32 Å². The molecule has 2 N–H and O–H groups in total. The first-order valence-electron chi connectivity index (χ1n) is 5.95. The molecule has 1 atom stereocenters. The van der Waals surface area contributed by atoms with Crippen LogP contribution in [0, 0.1) is 0 Å². The highest BCUT2D eigenvalue weighted by molar-refractivity contribution is 7.90. The average Bonchev–Trinajstić information content (AvgIpc) is 2.37. The Morgan fingerprint density at radius 3 is 2.79 bits per heavy atom. The van der Waals surface area contributed by atoms with Gasteiger partial charge < -0.3 is 10.1 Å². The maximum atomic E-state index is 11.9. The zero-order valence-electron chi connectivity index (χ0n) is 10.7. The van der Waals surface area contributed by atoms with E-state index in [0.29, 0.717) is 5.75 Å². The van der Waals surface area contributed by atoms with E-state index in [9.17, 15) is 13.2 Å². The Labute approximate surface area is 112 Å². The minimum Gasteiger partial charge on any atom is -0.477 e. The van der Waals surface area contributed by atoms with E-state index in [1.165, 1.54) is 13.8 Å².